The lowest BCUT2D eigenvalue weighted by molar-refractivity contribution is -0.142. The Labute approximate surface area is 210 Å². The predicted molar refractivity (Wildman–Crippen MR) is 138 cm³/mol. The van der Waals surface area contributed by atoms with Gasteiger partial charge >= 0.3 is 12.0 Å². The van der Waals surface area contributed by atoms with Crippen LogP contribution in [-0.4, -0.2) is 40.5 Å². The quantitative estimate of drug-likeness (QED) is 0.469. The van der Waals surface area contributed by atoms with E-state index in [4.69, 9.17) is 11.5 Å². The van der Waals surface area contributed by atoms with E-state index in [1.54, 1.807) is 17.0 Å². The van der Waals surface area contributed by atoms with Crippen molar-refractivity contribution in [2.24, 2.45) is 11.5 Å². The number of carboxylic acid groups (broad SMARTS) is 1. The van der Waals surface area contributed by atoms with Crippen molar-refractivity contribution in [3.63, 3.8) is 0 Å². The summed E-state index contributed by atoms with van der Waals surface area (Å²) in [5.41, 5.74) is 16.5. The molecule has 3 amide bonds. The average Bonchev–Trinajstić information content (AvgIpc) is 2.96. The SMILES string of the molecule is CC1c2c(-c3cccc(CN)c3)cccc2N(C(N)=O)C(CC(=O)O)C(=O)N1CCc1ccccc1. The normalized spacial score (nSPS) is 17.4. The number of hydrogen-bond donors (Lipinski definition) is 3. The van der Waals surface area contributed by atoms with Gasteiger partial charge in [-0.2, -0.15) is 0 Å². The second kappa shape index (κ2) is 10.6. The van der Waals surface area contributed by atoms with Gasteiger partial charge in [-0.1, -0.05) is 60.7 Å². The molecule has 0 saturated heterocycles. The molecular formula is C28H30N4O4. The molecule has 2 unspecified atom stereocenters. The third kappa shape index (κ3) is 4.94. The number of nitrogens with zero attached hydrogens (tertiary/aromatic N) is 2. The molecule has 1 heterocycles. The van der Waals surface area contributed by atoms with Gasteiger partial charge in [0.05, 0.1) is 18.2 Å². The average molecular weight is 487 g/mol. The van der Waals surface area contributed by atoms with E-state index in [0.717, 1.165) is 32.7 Å². The molecule has 8 nitrogen and oxygen atoms in total. The van der Waals surface area contributed by atoms with Crippen molar-refractivity contribution in [1.82, 2.24) is 4.90 Å². The molecule has 36 heavy (non-hydrogen) atoms. The monoisotopic (exact) mass is 486 g/mol. The van der Waals surface area contributed by atoms with E-state index < -0.39 is 36.4 Å². The summed E-state index contributed by atoms with van der Waals surface area (Å²) < 4.78 is 0. The first kappa shape index (κ1) is 24.9. The van der Waals surface area contributed by atoms with E-state index in [1.165, 1.54) is 0 Å². The number of hydrogen-bond acceptors (Lipinski definition) is 4. The molecule has 0 fully saturated rings. The molecule has 4 rings (SSSR count). The van der Waals surface area contributed by atoms with Crippen LogP contribution in [0.15, 0.2) is 72.8 Å². The first-order chi connectivity index (χ1) is 17.3. The summed E-state index contributed by atoms with van der Waals surface area (Å²) in [4.78, 5) is 41.1. The van der Waals surface area contributed by atoms with Crippen LogP contribution in [0.2, 0.25) is 0 Å². The Hall–Kier alpha value is -4.17. The van der Waals surface area contributed by atoms with Gasteiger partial charge in [0, 0.05) is 18.7 Å². The van der Waals surface area contributed by atoms with Crippen LogP contribution in [0.5, 0.6) is 0 Å². The summed E-state index contributed by atoms with van der Waals surface area (Å²) in [6.45, 7) is 2.62. The van der Waals surface area contributed by atoms with E-state index in [2.05, 4.69) is 0 Å². The van der Waals surface area contributed by atoms with Gasteiger partial charge in [0.1, 0.15) is 6.04 Å². The number of carbonyl (C=O) groups excluding carboxylic acids is 2. The lowest BCUT2D eigenvalue weighted by Gasteiger charge is -2.31. The van der Waals surface area contributed by atoms with Gasteiger partial charge in [-0.05, 0) is 47.7 Å². The van der Waals surface area contributed by atoms with Crippen LogP contribution in [0.3, 0.4) is 0 Å². The number of carboxylic acids is 1. The van der Waals surface area contributed by atoms with Crippen LogP contribution in [0.25, 0.3) is 11.1 Å². The Morgan fingerprint density at radius 2 is 1.67 bits per heavy atom. The molecule has 0 bridgehead atoms. The molecule has 3 aromatic rings. The molecule has 2 atom stereocenters. The lowest BCUT2D eigenvalue weighted by Crippen LogP contribution is -2.52. The molecule has 186 valence electrons. The van der Waals surface area contributed by atoms with Crippen molar-refractivity contribution >= 4 is 23.6 Å². The fourth-order valence-electron chi connectivity index (χ4n) is 4.95. The predicted octanol–water partition coefficient (Wildman–Crippen LogP) is 3.69. The number of rotatable bonds is 7. The summed E-state index contributed by atoms with van der Waals surface area (Å²) in [5, 5.41) is 9.61. The second-order valence-electron chi connectivity index (χ2n) is 8.91. The van der Waals surface area contributed by atoms with Crippen molar-refractivity contribution in [2.45, 2.75) is 38.4 Å². The second-order valence-corrected chi connectivity index (χ2v) is 8.91. The summed E-state index contributed by atoms with van der Waals surface area (Å²) in [7, 11) is 0. The van der Waals surface area contributed by atoms with Crippen molar-refractivity contribution in [3.8, 4) is 11.1 Å². The molecule has 0 saturated carbocycles. The maximum Gasteiger partial charge on any atom is 0.320 e. The van der Waals surface area contributed by atoms with Crippen LogP contribution in [0.1, 0.15) is 36.1 Å². The Kier molecular flexibility index (Phi) is 7.36. The Balaban J connectivity index is 1.89. The fourth-order valence-corrected chi connectivity index (χ4v) is 4.95. The third-order valence-corrected chi connectivity index (χ3v) is 6.67. The number of benzene rings is 3. The zero-order valence-corrected chi connectivity index (χ0v) is 20.1. The number of anilines is 1. The zero-order chi connectivity index (χ0) is 25.8. The topological polar surface area (TPSA) is 130 Å². The van der Waals surface area contributed by atoms with E-state index in [0.29, 0.717) is 25.2 Å². The zero-order valence-electron chi connectivity index (χ0n) is 20.1. The van der Waals surface area contributed by atoms with Crippen molar-refractivity contribution < 1.29 is 19.5 Å². The Morgan fingerprint density at radius 1 is 0.972 bits per heavy atom. The summed E-state index contributed by atoms with van der Waals surface area (Å²) in [6, 6.07) is 20.4. The molecule has 0 spiro atoms. The van der Waals surface area contributed by atoms with Gasteiger partial charge in [0.15, 0.2) is 0 Å². The van der Waals surface area contributed by atoms with Gasteiger partial charge in [-0.25, -0.2) is 4.79 Å². The van der Waals surface area contributed by atoms with Gasteiger partial charge in [0.25, 0.3) is 0 Å². The molecule has 0 aliphatic carbocycles. The standard InChI is InChI=1S/C28H30N4O4/c1-18-26-22(21-10-5-9-20(15-21)17-29)11-6-12-23(26)32(28(30)36)24(16-25(33)34)27(35)31(18)14-13-19-7-3-2-4-8-19/h2-12,15,18,24H,13-14,16-17,29H2,1H3,(H2,30,36)(H,33,34). The molecular weight excluding hydrogens is 456 g/mol. The maximum atomic E-state index is 13.8. The van der Waals surface area contributed by atoms with Crippen LogP contribution < -0.4 is 16.4 Å². The minimum Gasteiger partial charge on any atom is -0.481 e. The van der Waals surface area contributed by atoms with Crippen molar-refractivity contribution in [1.29, 1.82) is 0 Å². The smallest absolute Gasteiger partial charge is 0.320 e. The Morgan fingerprint density at radius 3 is 2.33 bits per heavy atom. The van der Waals surface area contributed by atoms with E-state index >= 15 is 0 Å². The largest absolute Gasteiger partial charge is 0.481 e. The number of nitrogens with two attached hydrogens (primary N) is 2. The Bertz CT molecular complexity index is 1280. The number of primary amides is 1. The highest BCUT2D eigenvalue weighted by atomic mass is 16.4. The van der Waals surface area contributed by atoms with Gasteiger partial charge < -0.3 is 21.5 Å². The fraction of sp³-hybridized carbons (Fsp3) is 0.250. The van der Waals surface area contributed by atoms with Gasteiger partial charge in [-0.15, -0.1) is 0 Å². The molecule has 1 aliphatic rings. The van der Waals surface area contributed by atoms with Crippen LogP contribution in [0, 0.1) is 0 Å². The summed E-state index contributed by atoms with van der Waals surface area (Å²) in [5.74, 6) is -1.64. The minimum atomic E-state index is -1.26. The van der Waals surface area contributed by atoms with Crippen LogP contribution in [0.4, 0.5) is 10.5 Å². The molecule has 3 aromatic carbocycles. The minimum absolute atomic E-state index is 0.351. The van der Waals surface area contributed by atoms with Gasteiger partial charge in [-0.3, -0.25) is 14.5 Å². The van der Waals surface area contributed by atoms with Crippen molar-refractivity contribution in [2.75, 3.05) is 11.4 Å². The van der Waals surface area contributed by atoms with E-state index in [-0.39, 0.29) is 0 Å². The molecule has 0 radical (unpaired) electrons. The van der Waals surface area contributed by atoms with Gasteiger partial charge in [0.2, 0.25) is 5.91 Å². The van der Waals surface area contributed by atoms with Crippen LogP contribution >= 0.6 is 0 Å². The molecule has 0 aromatic heterocycles. The summed E-state index contributed by atoms with van der Waals surface area (Å²) >= 11 is 0. The van der Waals surface area contributed by atoms with Crippen molar-refractivity contribution in [3.05, 3.63) is 89.5 Å². The number of fused-ring (bicyclic) bond motifs is 1. The first-order valence-electron chi connectivity index (χ1n) is 11.9. The summed E-state index contributed by atoms with van der Waals surface area (Å²) in [6.07, 6.45) is 0.0239. The highest BCUT2D eigenvalue weighted by molar-refractivity contribution is 6.03. The van der Waals surface area contributed by atoms with Crippen LogP contribution in [-0.2, 0) is 22.6 Å². The lowest BCUT2D eigenvalue weighted by atomic mass is 9.92. The maximum absolute atomic E-state index is 13.8. The highest BCUT2D eigenvalue weighted by Gasteiger charge is 2.42. The first-order valence-corrected chi connectivity index (χ1v) is 11.9. The number of aliphatic carboxylic acids is 1. The van der Waals surface area contributed by atoms with E-state index in [9.17, 15) is 19.5 Å². The number of carbonyl (C=O) groups is 3. The third-order valence-electron chi connectivity index (χ3n) is 6.67. The number of urea groups is 1. The highest BCUT2D eigenvalue weighted by Crippen LogP contribution is 2.42. The van der Waals surface area contributed by atoms with E-state index in [1.807, 2.05) is 67.6 Å². The molecule has 5 N–H and O–H groups in total. The number of amides is 3. The molecule has 1 aliphatic heterocycles. The molecule has 8 heteroatoms.